The Kier molecular flexibility index (Phi) is 5.54. The highest BCUT2D eigenvalue weighted by Gasteiger charge is 2.28. The Labute approximate surface area is 177 Å². The van der Waals surface area contributed by atoms with Crippen LogP contribution in [-0.4, -0.2) is 18.1 Å². The van der Waals surface area contributed by atoms with Crippen molar-refractivity contribution in [2.24, 2.45) is 11.8 Å². The van der Waals surface area contributed by atoms with E-state index in [4.69, 9.17) is 13.6 Å². The van der Waals surface area contributed by atoms with Crippen LogP contribution in [0.1, 0.15) is 42.8 Å². The Morgan fingerprint density at radius 3 is 2.57 bits per heavy atom. The highest BCUT2D eigenvalue weighted by molar-refractivity contribution is 5.56. The number of nitriles is 1. The highest BCUT2D eigenvalue weighted by Crippen LogP contribution is 2.33. The van der Waals surface area contributed by atoms with E-state index >= 15 is 0 Å². The third-order valence-electron chi connectivity index (χ3n) is 5.60. The molecule has 6 heteroatoms. The van der Waals surface area contributed by atoms with E-state index in [2.05, 4.69) is 43.6 Å². The number of rotatable bonds is 5. The average Bonchev–Trinajstić information content (AvgIpc) is 3.35. The summed E-state index contributed by atoms with van der Waals surface area (Å²) in [6.07, 6.45) is 1.18. The minimum atomic E-state index is 0.302. The maximum Gasteiger partial charge on any atom is 0.266 e. The third kappa shape index (κ3) is 4.20. The molecule has 156 valence electrons. The van der Waals surface area contributed by atoms with E-state index < -0.39 is 0 Å². The van der Waals surface area contributed by atoms with Crippen LogP contribution in [0.4, 0.5) is 5.88 Å². The summed E-state index contributed by atoms with van der Waals surface area (Å²) >= 11 is 0. The predicted octanol–water partition coefficient (Wildman–Crippen LogP) is 5.48. The summed E-state index contributed by atoms with van der Waals surface area (Å²) < 4.78 is 17.7. The van der Waals surface area contributed by atoms with Crippen LogP contribution in [0.25, 0.3) is 11.7 Å². The molecular formula is C24H27N3O3. The van der Waals surface area contributed by atoms with E-state index in [0.717, 1.165) is 18.8 Å². The molecule has 0 N–H and O–H groups in total. The molecule has 3 aromatic rings. The highest BCUT2D eigenvalue weighted by atomic mass is 16.5. The number of oxazole rings is 1. The number of nitrogens with zero attached hydrogens (tertiary/aromatic N) is 3. The zero-order chi connectivity index (χ0) is 21.3. The fourth-order valence-corrected chi connectivity index (χ4v) is 4.06. The Bertz CT molecular complexity index is 1070. The van der Waals surface area contributed by atoms with Crippen molar-refractivity contribution in [2.45, 2.75) is 40.7 Å². The van der Waals surface area contributed by atoms with Gasteiger partial charge in [-0.3, -0.25) is 0 Å². The van der Waals surface area contributed by atoms with Gasteiger partial charge in [-0.15, -0.1) is 0 Å². The molecule has 0 spiro atoms. The molecule has 30 heavy (non-hydrogen) atoms. The van der Waals surface area contributed by atoms with Gasteiger partial charge in [-0.2, -0.15) is 10.2 Å². The lowest BCUT2D eigenvalue weighted by atomic mass is 9.92. The minimum absolute atomic E-state index is 0.302. The van der Waals surface area contributed by atoms with E-state index in [0.29, 0.717) is 47.4 Å². The summed E-state index contributed by atoms with van der Waals surface area (Å²) in [6.45, 7) is 10.6. The lowest BCUT2D eigenvalue weighted by Crippen LogP contribution is -2.38. The summed E-state index contributed by atoms with van der Waals surface area (Å²) in [4.78, 5) is 6.50. The van der Waals surface area contributed by atoms with E-state index in [1.165, 1.54) is 17.5 Å². The van der Waals surface area contributed by atoms with Crippen LogP contribution in [0, 0.1) is 37.0 Å². The Morgan fingerprint density at radius 1 is 1.10 bits per heavy atom. The van der Waals surface area contributed by atoms with E-state index in [1.54, 1.807) is 6.07 Å². The van der Waals surface area contributed by atoms with Gasteiger partial charge >= 0.3 is 0 Å². The van der Waals surface area contributed by atoms with Crippen molar-refractivity contribution in [3.05, 3.63) is 52.9 Å². The van der Waals surface area contributed by atoms with Gasteiger partial charge in [0.2, 0.25) is 11.6 Å². The molecule has 6 nitrogen and oxygen atoms in total. The fourth-order valence-electron chi connectivity index (χ4n) is 4.06. The molecule has 1 saturated heterocycles. The van der Waals surface area contributed by atoms with Crippen LogP contribution >= 0.6 is 0 Å². The Hall–Kier alpha value is -3.20. The van der Waals surface area contributed by atoms with Crippen LogP contribution < -0.4 is 9.64 Å². The van der Waals surface area contributed by atoms with E-state index in [-0.39, 0.29) is 0 Å². The van der Waals surface area contributed by atoms with Crippen molar-refractivity contribution in [1.82, 2.24) is 4.98 Å². The smallest absolute Gasteiger partial charge is 0.266 e. The van der Waals surface area contributed by atoms with Crippen molar-refractivity contribution >= 4 is 5.88 Å². The topological polar surface area (TPSA) is 75.4 Å². The number of aryl methyl sites for hydroxylation is 2. The largest absolute Gasteiger partial charge is 0.486 e. The zero-order valence-corrected chi connectivity index (χ0v) is 17.9. The summed E-state index contributed by atoms with van der Waals surface area (Å²) in [5.41, 5.74) is 2.72. The number of aromatic nitrogens is 1. The number of furan rings is 1. The van der Waals surface area contributed by atoms with Crippen molar-refractivity contribution in [3.8, 4) is 23.5 Å². The van der Waals surface area contributed by atoms with E-state index in [9.17, 15) is 5.26 Å². The molecule has 1 fully saturated rings. The number of anilines is 1. The Balaban J connectivity index is 1.50. The van der Waals surface area contributed by atoms with Crippen molar-refractivity contribution in [3.63, 3.8) is 0 Å². The van der Waals surface area contributed by atoms with Gasteiger partial charge in [-0.1, -0.05) is 19.9 Å². The summed E-state index contributed by atoms with van der Waals surface area (Å²) in [7, 11) is 0. The van der Waals surface area contributed by atoms with Gasteiger partial charge in [0.25, 0.3) is 5.89 Å². The maximum atomic E-state index is 9.55. The fraction of sp³-hybridized carbons (Fsp3) is 0.417. The minimum Gasteiger partial charge on any atom is -0.486 e. The first-order valence-electron chi connectivity index (χ1n) is 10.4. The molecule has 0 amide bonds. The van der Waals surface area contributed by atoms with Crippen molar-refractivity contribution in [2.75, 3.05) is 18.0 Å². The number of piperidine rings is 1. The second-order valence-electron chi connectivity index (χ2n) is 8.44. The standard InChI is InChI=1S/C24H27N3O3/c1-15-9-16(2)13-27(12-15)24-21(11-25)26-23(30-24)22-8-7-20(29-22)14-28-19-6-5-17(3)18(4)10-19/h5-8,10,15-16H,9,12-14H2,1-4H3/t15-,16-/m0/s1. The molecular weight excluding hydrogens is 378 g/mol. The molecule has 1 aliphatic rings. The summed E-state index contributed by atoms with van der Waals surface area (Å²) in [5, 5.41) is 9.55. The third-order valence-corrected chi connectivity index (χ3v) is 5.60. The lowest BCUT2D eigenvalue weighted by molar-refractivity contribution is 0.271. The van der Waals surface area contributed by atoms with Crippen LogP contribution in [0.5, 0.6) is 5.75 Å². The molecule has 3 heterocycles. The van der Waals surface area contributed by atoms with Crippen LogP contribution in [0.15, 0.2) is 39.2 Å². The van der Waals surface area contributed by atoms with Gasteiger partial charge in [0.15, 0.2) is 5.76 Å². The molecule has 4 rings (SSSR count). The van der Waals surface area contributed by atoms with Gasteiger partial charge < -0.3 is 18.5 Å². The number of benzene rings is 1. The molecule has 0 unspecified atom stereocenters. The molecule has 2 aromatic heterocycles. The number of hydrogen-bond acceptors (Lipinski definition) is 6. The second-order valence-corrected chi connectivity index (χ2v) is 8.44. The molecule has 0 saturated carbocycles. The van der Waals surface area contributed by atoms with Gasteiger partial charge in [0.1, 0.15) is 24.2 Å². The first-order chi connectivity index (χ1) is 14.4. The monoisotopic (exact) mass is 405 g/mol. The number of ether oxygens (including phenoxy) is 1. The summed E-state index contributed by atoms with van der Waals surface area (Å²) in [6, 6.07) is 11.8. The van der Waals surface area contributed by atoms with Crippen LogP contribution in [0.3, 0.4) is 0 Å². The second kappa shape index (κ2) is 8.27. The number of hydrogen-bond donors (Lipinski definition) is 0. The molecule has 1 aromatic carbocycles. The molecule has 0 aliphatic carbocycles. The molecule has 0 radical (unpaired) electrons. The first kappa shape index (κ1) is 20.1. The normalized spacial score (nSPS) is 19.0. The zero-order valence-electron chi connectivity index (χ0n) is 17.9. The average molecular weight is 405 g/mol. The van der Waals surface area contributed by atoms with Gasteiger partial charge in [0, 0.05) is 13.1 Å². The van der Waals surface area contributed by atoms with Crippen molar-refractivity contribution in [1.29, 1.82) is 5.26 Å². The van der Waals surface area contributed by atoms with Gasteiger partial charge in [-0.25, -0.2) is 0 Å². The SMILES string of the molecule is Cc1ccc(OCc2ccc(-c3nc(C#N)c(N4C[C@@H](C)C[C@H](C)C4)o3)o2)cc1C. The summed E-state index contributed by atoms with van der Waals surface area (Å²) in [5.74, 6) is 3.92. The van der Waals surface area contributed by atoms with Crippen LogP contribution in [0.2, 0.25) is 0 Å². The maximum absolute atomic E-state index is 9.55. The van der Waals surface area contributed by atoms with Crippen LogP contribution in [-0.2, 0) is 6.61 Å². The predicted molar refractivity (Wildman–Crippen MR) is 114 cm³/mol. The van der Waals surface area contributed by atoms with Crippen molar-refractivity contribution < 1.29 is 13.6 Å². The molecule has 0 bridgehead atoms. The quantitative estimate of drug-likeness (QED) is 0.559. The molecule has 1 aliphatic heterocycles. The van der Waals surface area contributed by atoms with Gasteiger partial charge in [-0.05, 0) is 67.5 Å². The first-order valence-corrected chi connectivity index (χ1v) is 10.4. The van der Waals surface area contributed by atoms with E-state index in [1.807, 2.05) is 24.3 Å². The lowest BCUT2D eigenvalue weighted by Gasteiger charge is -2.34. The Morgan fingerprint density at radius 2 is 1.87 bits per heavy atom. The molecule has 2 atom stereocenters. The van der Waals surface area contributed by atoms with Gasteiger partial charge in [0.05, 0.1) is 0 Å².